The summed E-state index contributed by atoms with van der Waals surface area (Å²) in [4.78, 5) is 0. The van der Waals surface area contributed by atoms with Crippen LogP contribution in [0.25, 0.3) is 11.3 Å². The van der Waals surface area contributed by atoms with Gasteiger partial charge >= 0.3 is 0 Å². The number of aromatic nitrogens is 4. The molecule has 0 saturated heterocycles. The molecule has 0 unspecified atom stereocenters. The van der Waals surface area contributed by atoms with Gasteiger partial charge in [-0.05, 0) is 33.1 Å². The third-order valence-corrected chi connectivity index (χ3v) is 3.92. The predicted octanol–water partition coefficient (Wildman–Crippen LogP) is 3.30. The first kappa shape index (κ1) is 12.3. The van der Waals surface area contributed by atoms with Gasteiger partial charge in [-0.15, -0.1) is 10.2 Å². The lowest BCUT2D eigenvalue weighted by molar-refractivity contribution is 1.04. The van der Waals surface area contributed by atoms with E-state index in [4.69, 9.17) is 0 Å². The molecule has 2 heterocycles. The van der Waals surface area contributed by atoms with Crippen LogP contribution in [0.4, 0.5) is 5.13 Å². The Kier molecular flexibility index (Phi) is 3.56. The number of halogens is 1. The van der Waals surface area contributed by atoms with Gasteiger partial charge in [-0.25, -0.2) is 0 Å². The van der Waals surface area contributed by atoms with Gasteiger partial charge < -0.3 is 5.32 Å². The quantitative estimate of drug-likeness (QED) is 0.767. The minimum Gasteiger partial charge on any atom is -0.356 e. The van der Waals surface area contributed by atoms with Gasteiger partial charge in [0.25, 0.3) is 0 Å². The molecule has 0 fully saturated rings. The van der Waals surface area contributed by atoms with Crippen LogP contribution in [-0.4, -0.2) is 20.4 Å². The molecule has 2 N–H and O–H groups in total. The minimum absolute atomic E-state index is 0.727. The fourth-order valence-electron chi connectivity index (χ4n) is 1.67. The van der Waals surface area contributed by atoms with Crippen molar-refractivity contribution in [1.29, 1.82) is 0 Å². The summed E-state index contributed by atoms with van der Waals surface area (Å²) < 4.78 is 0.782. The molecular weight excluding hydrogens is 326 g/mol. The summed E-state index contributed by atoms with van der Waals surface area (Å²) in [5.41, 5.74) is 3.34. The van der Waals surface area contributed by atoms with Crippen LogP contribution in [-0.2, 0) is 6.54 Å². The number of nitrogens with one attached hydrogen (secondary N) is 2. The van der Waals surface area contributed by atoms with Crippen molar-refractivity contribution in [3.05, 3.63) is 46.0 Å². The molecule has 0 radical (unpaired) electrons. The Hall–Kier alpha value is -1.73. The molecule has 2 aromatic heterocycles. The first-order chi connectivity index (χ1) is 9.31. The molecule has 0 amide bonds. The number of hydrogen-bond acceptors (Lipinski definition) is 5. The van der Waals surface area contributed by atoms with E-state index in [9.17, 15) is 0 Å². The topological polar surface area (TPSA) is 66.5 Å². The van der Waals surface area contributed by atoms with Crippen LogP contribution in [0.3, 0.4) is 0 Å². The largest absolute Gasteiger partial charge is 0.356 e. The molecule has 0 aliphatic carbocycles. The highest BCUT2D eigenvalue weighted by atomic mass is 79.9. The Morgan fingerprint density at radius 3 is 2.63 bits per heavy atom. The Morgan fingerprint density at radius 1 is 1.16 bits per heavy atom. The van der Waals surface area contributed by atoms with Crippen molar-refractivity contribution in [2.24, 2.45) is 0 Å². The summed E-state index contributed by atoms with van der Waals surface area (Å²) in [5, 5.41) is 18.8. The maximum absolute atomic E-state index is 3.99. The van der Waals surface area contributed by atoms with Crippen molar-refractivity contribution in [3.63, 3.8) is 0 Å². The molecule has 19 heavy (non-hydrogen) atoms. The Morgan fingerprint density at radius 2 is 2.00 bits per heavy atom. The smallest absolute Gasteiger partial charge is 0.206 e. The van der Waals surface area contributed by atoms with Crippen LogP contribution in [0.5, 0.6) is 0 Å². The summed E-state index contributed by atoms with van der Waals surface area (Å²) in [6.45, 7) is 0.727. The first-order valence-electron chi connectivity index (χ1n) is 5.63. The second-order valence-corrected chi connectivity index (χ2v) is 6.13. The number of anilines is 1. The van der Waals surface area contributed by atoms with E-state index in [1.807, 2.05) is 6.07 Å². The summed E-state index contributed by atoms with van der Waals surface area (Å²) >= 11 is 4.76. The van der Waals surface area contributed by atoms with Crippen molar-refractivity contribution in [2.75, 3.05) is 5.32 Å². The molecule has 7 heteroatoms. The zero-order chi connectivity index (χ0) is 13.1. The second-order valence-electron chi connectivity index (χ2n) is 3.88. The van der Waals surface area contributed by atoms with Crippen molar-refractivity contribution in [1.82, 2.24) is 20.4 Å². The van der Waals surface area contributed by atoms with E-state index in [1.54, 1.807) is 6.20 Å². The summed E-state index contributed by atoms with van der Waals surface area (Å²) in [6, 6.07) is 10.3. The van der Waals surface area contributed by atoms with E-state index in [0.29, 0.717) is 0 Å². The highest BCUT2D eigenvalue weighted by molar-refractivity contribution is 9.11. The van der Waals surface area contributed by atoms with Crippen LogP contribution in [0.15, 0.2) is 40.4 Å². The van der Waals surface area contributed by atoms with Crippen molar-refractivity contribution >= 4 is 32.4 Å². The van der Waals surface area contributed by atoms with Gasteiger partial charge in [-0.1, -0.05) is 35.6 Å². The van der Waals surface area contributed by atoms with Crippen LogP contribution in [0.1, 0.15) is 5.56 Å². The SMILES string of the molecule is Brc1nnc(NCc2ccc(-c3ccn[nH]3)cc2)s1. The van der Waals surface area contributed by atoms with Crippen LogP contribution in [0, 0.1) is 0 Å². The van der Waals surface area contributed by atoms with E-state index in [-0.39, 0.29) is 0 Å². The predicted molar refractivity (Wildman–Crippen MR) is 79.0 cm³/mol. The van der Waals surface area contributed by atoms with E-state index in [1.165, 1.54) is 16.9 Å². The molecule has 0 spiro atoms. The number of rotatable bonds is 4. The first-order valence-corrected chi connectivity index (χ1v) is 7.24. The molecule has 0 atom stereocenters. The van der Waals surface area contributed by atoms with Crippen LogP contribution in [0.2, 0.25) is 0 Å². The third-order valence-electron chi connectivity index (χ3n) is 2.61. The van der Waals surface area contributed by atoms with E-state index < -0.39 is 0 Å². The highest BCUT2D eigenvalue weighted by Crippen LogP contribution is 2.21. The van der Waals surface area contributed by atoms with Gasteiger partial charge in [-0.3, -0.25) is 5.10 Å². The molecular formula is C12H10BrN5S. The van der Waals surface area contributed by atoms with Gasteiger partial charge in [-0.2, -0.15) is 5.10 Å². The normalized spacial score (nSPS) is 10.6. The molecule has 0 aliphatic rings. The molecule has 0 bridgehead atoms. The third kappa shape index (κ3) is 2.99. The maximum Gasteiger partial charge on any atom is 0.206 e. The standard InChI is InChI=1S/C12H10BrN5S/c13-11-17-18-12(19-11)14-7-8-1-3-9(4-2-8)10-5-6-15-16-10/h1-6H,7H2,(H,14,18)(H,15,16). The fourth-order valence-corrected chi connectivity index (χ4v) is 2.68. The zero-order valence-electron chi connectivity index (χ0n) is 9.80. The minimum atomic E-state index is 0.727. The summed E-state index contributed by atoms with van der Waals surface area (Å²) in [7, 11) is 0. The Balaban J connectivity index is 1.66. The van der Waals surface area contributed by atoms with Crippen molar-refractivity contribution < 1.29 is 0 Å². The number of H-pyrrole nitrogens is 1. The van der Waals surface area contributed by atoms with E-state index in [0.717, 1.165) is 26.9 Å². The monoisotopic (exact) mass is 335 g/mol. The highest BCUT2D eigenvalue weighted by Gasteiger charge is 2.02. The molecule has 5 nitrogen and oxygen atoms in total. The number of hydrogen-bond donors (Lipinski definition) is 2. The summed E-state index contributed by atoms with van der Waals surface area (Å²) in [6.07, 6.45) is 1.75. The van der Waals surface area contributed by atoms with Gasteiger partial charge in [0, 0.05) is 12.7 Å². The average molecular weight is 336 g/mol. The van der Waals surface area contributed by atoms with Gasteiger partial charge in [0.1, 0.15) is 0 Å². The molecule has 0 aliphatic heterocycles. The van der Waals surface area contributed by atoms with Gasteiger partial charge in [0.05, 0.1) is 5.69 Å². The molecule has 3 rings (SSSR count). The van der Waals surface area contributed by atoms with Crippen LogP contribution < -0.4 is 5.32 Å². The maximum atomic E-state index is 3.99. The number of nitrogens with zero attached hydrogens (tertiary/aromatic N) is 3. The lowest BCUT2D eigenvalue weighted by Crippen LogP contribution is -1.98. The average Bonchev–Trinajstić information content (AvgIpc) is 3.08. The van der Waals surface area contributed by atoms with Crippen LogP contribution >= 0.6 is 27.3 Å². The van der Waals surface area contributed by atoms with Crippen molar-refractivity contribution in [3.8, 4) is 11.3 Å². The Labute approximate surface area is 122 Å². The van der Waals surface area contributed by atoms with Gasteiger partial charge in [0.15, 0.2) is 3.92 Å². The number of aromatic amines is 1. The van der Waals surface area contributed by atoms with Crippen molar-refractivity contribution in [2.45, 2.75) is 6.54 Å². The van der Waals surface area contributed by atoms with E-state index >= 15 is 0 Å². The van der Waals surface area contributed by atoms with Gasteiger partial charge in [0.2, 0.25) is 5.13 Å². The molecule has 96 valence electrons. The number of benzene rings is 1. The molecule has 1 aromatic carbocycles. The van der Waals surface area contributed by atoms with E-state index in [2.05, 4.69) is 65.9 Å². The molecule has 0 saturated carbocycles. The molecule has 3 aromatic rings. The zero-order valence-corrected chi connectivity index (χ0v) is 12.2. The summed E-state index contributed by atoms with van der Waals surface area (Å²) in [5.74, 6) is 0. The lowest BCUT2D eigenvalue weighted by Gasteiger charge is -2.03. The lowest BCUT2D eigenvalue weighted by atomic mass is 10.1. The fraction of sp³-hybridized carbons (Fsp3) is 0.0833. The second kappa shape index (κ2) is 5.50. The Bertz CT molecular complexity index is 647.